The monoisotopic (exact) mass is 355 g/mol. The van der Waals surface area contributed by atoms with Gasteiger partial charge in [0.1, 0.15) is 0 Å². The van der Waals surface area contributed by atoms with Gasteiger partial charge >= 0.3 is 5.97 Å². The van der Waals surface area contributed by atoms with E-state index in [1.54, 1.807) is 24.0 Å². The first-order valence-electron chi connectivity index (χ1n) is 8.29. The van der Waals surface area contributed by atoms with E-state index in [-0.39, 0.29) is 5.91 Å². The van der Waals surface area contributed by atoms with Crippen LogP contribution in [0.25, 0.3) is 0 Å². The highest BCUT2D eigenvalue weighted by atomic mass is 32.2. The molecule has 0 N–H and O–H groups in total. The van der Waals surface area contributed by atoms with Crippen molar-refractivity contribution >= 4 is 23.6 Å². The van der Waals surface area contributed by atoms with Gasteiger partial charge in [-0.2, -0.15) is 0 Å². The fraction of sp³-hybridized carbons (Fsp3) is 0.300. The lowest BCUT2D eigenvalue weighted by molar-refractivity contribution is -0.140. The van der Waals surface area contributed by atoms with Gasteiger partial charge in [0.05, 0.1) is 5.56 Å². The summed E-state index contributed by atoms with van der Waals surface area (Å²) in [5.41, 5.74) is 2.94. The molecule has 2 aromatic rings. The maximum atomic E-state index is 12.7. The molecule has 1 atom stereocenters. The van der Waals surface area contributed by atoms with Crippen molar-refractivity contribution in [3.05, 3.63) is 65.2 Å². The Labute approximate surface area is 152 Å². The molecule has 130 valence electrons. The Balaban J connectivity index is 1.66. The average molecular weight is 355 g/mol. The first-order chi connectivity index (χ1) is 12.1. The molecule has 1 aliphatic rings. The third kappa shape index (κ3) is 3.87. The second kappa shape index (κ2) is 7.74. The highest BCUT2D eigenvalue weighted by Gasteiger charge is 2.27. The van der Waals surface area contributed by atoms with Crippen LogP contribution < -0.4 is 0 Å². The van der Waals surface area contributed by atoms with Crippen molar-refractivity contribution in [2.45, 2.75) is 30.9 Å². The van der Waals surface area contributed by atoms with Crippen LogP contribution >= 0.6 is 11.8 Å². The summed E-state index contributed by atoms with van der Waals surface area (Å²) >= 11 is 1.48. The van der Waals surface area contributed by atoms with E-state index in [0.717, 1.165) is 16.9 Å². The van der Waals surface area contributed by atoms with Crippen LogP contribution in [0, 0.1) is 0 Å². The minimum Gasteiger partial charge on any atom is -0.449 e. The molecular weight excluding hydrogens is 334 g/mol. The number of benzene rings is 2. The highest BCUT2D eigenvalue weighted by Crippen LogP contribution is 2.22. The number of rotatable bonds is 4. The summed E-state index contributed by atoms with van der Waals surface area (Å²) in [4.78, 5) is 27.7. The molecular formula is C20H21NO3S. The van der Waals surface area contributed by atoms with Crippen LogP contribution in [0.4, 0.5) is 0 Å². The van der Waals surface area contributed by atoms with Crippen LogP contribution in [0.2, 0.25) is 0 Å². The molecule has 5 heteroatoms. The fourth-order valence-electron chi connectivity index (χ4n) is 3.03. The number of fused-ring (bicyclic) bond motifs is 1. The lowest BCUT2D eigenvalue weighted by Crippen LogP contribution is -2.42. The van der Waals surface area contributed by atoms with Crippen molar-refractivity contribution in [1.82, 2.24) is 4.90 Å². The zero-order chi connectivity index (χ0) is 17.8. The van der Waals surface area contributed by atoms with E-state index < -0.39 is 12.1 Å². The summed E-state index contributed by atoms with van der Waals surface area (Å²) in [6.45, 7) is 2.86. The van der Waals surface area contributed by atoms with Gasteiger partial charge in [0, 0.05) is 18.0 Å². The Morgan fingerprint density at radius 2 is 1.76 bits per heavy atom. The van der Waals surface area contributed by atoms with Crippen molar-refractivity contribution in [2.24, 2.45) is 0 Å². The predicted octanol–water partition coefficient (Wildman–Crippen LogP) is 3.54. The van der Waals surface area contributed by atoms with E-state index in [4.69, 9.17) is 4.74 Å². The van der Waals surface area contributed by atoms with Crippen LogP contribution in [0.3, 0.4) is 0 Å². The van der Waals surface area contributed by atoms with E-state index in [1.165, 1.54) is 17.3 Å². The number of carbonyl (C=O) groups excluding carboxylic acids is 2. The van der Waals surface area contributed by atoms with Crippen LogP contribution in [0.1, 0.15) is 28.4 Å². The Morgan fingerprint density at radius 3 is 2.52 bits per heavy atom. The smallest absolute Gasteiger partial charge is 0.340 e. The van der Waals surface area contributed by atoms with Crippen molar-refractivity contribution in [3.8, 4) is 0 Å². The minimum atomic E-state index is -0.798. The molecule has 3 rings (SSSR count). The molecule has 1 aliphatic heterocycles. The van der Waals surface area contributed by atoms with Crippen molar-refractivity contribution < 1.29 is 14.3 Å². The Kier molecular flexibility index (Phi) is 5.43. The summed E-state index contributed by atoms with van der Waals surface area (Å²) in [6.07, 6.45) is 1.94. The zero-order valence-electron chi connectivity index (χ0n) is 14.4. The molecule has 0 unspecified atom stereocenters. The van der Waals surface area contributed by atoms with Crippen LogP contribution in [-0.2, 0) is 22.5 Å². The molecule has 0 saturated carbocycles. The molecule has 0 aliphatic carbocycles. The summed E-state index contributed by atoms with van der Waals surface area (Å²) in [6, 6.07) is 15.4. The predicted molar refractivity (Wildman–Crippen MR) is 98.7 cm³/mol. The van der Waals surface area contributed by atoms with Crippen molar-refractivity contribution in [3.63, 3.8) is 0 Å². The molecule has 0 aromatic heterocycles. The lowest BCUT2D eigenvalue weighted by Gasteiger charge is -2.30. The number of nitrogens with zero attached hydrogens (tertiary/aromatic N) is 1. The van der Waals surface area contributed by atoms with Gasteiger partial charge in [-0.3, -0.25) is 4.79 Å². The lowest BCUT2D eigenvalue weighted by atomic mass is 9.99. The normalized spacial score (nSPS) is 14.6. The quantitative estimate of drug-likeness (QED) is 0.622. The summed E-state index contributed by atoms with van der Waals surface area (Å²) in [5, 5.41) is 0. The molecule has 0 radical (unpaired) electrons. The highest BCUT2D eigenvalue weighted by molar-refractivity contribution is 7.98. The summed E-state index contributed by atoms with van der Waals surface area (Å²) in [5.74, 6) is -0.604. The van der Waals surface area contributed by atoms with Gasteiger partial charge in [-0.25, -0.2) is 4.79 Å². The minimum absolute atomic E-state index is 0.149. The number of hydrogen-bond donors (Lipinski definition) is 0. The Hall–Kier alpha value is -2.27. The van der Waals surface area contributed by atoms with Gasteiger partial charge < -0.3 is 9.64 Å². The van der Waals surface area contributed by atoms with Crippen LogP contribution in [0.5, 0.6) is 0 Å². The van der Waals surface area contributed by atoms with E-state index in [1.807, 2.05) is 36.6 Å². The van der Waals surface area contributed by atoms with Gasteiger partial charge in [-0.15, -0.1) is 11.8 Å². The topological polar surface area (TPSA) is 46.6 Å². The third-order valence-corrected chi connectivity index (χ3v) is 5.20. The second-order valence-electron chi connectivity index (χ2n) is 6.03. The summed E-state index contributed by atoms with van der Waals surface area (Å²) in [7, 11) is 0. The molecule has 4 nitrogen and oxygen atoms in total. The maximum Gasteiger partial charge on any atom is 0.340 e. The average Bonchev–Trinajstić information content (AvgIpc) is 2.66. The van der Waals surface area contributed by atoms with Gasteiger partial charge in [-0.1, -0.05) is 36.4 Å². The van der Waals surface area contributed by atoms with E-state index in [0.29, 0.717) is 18.7 Å². The zero-order valence-corrected chi connectivity index (χ0v) is 15.2. The molecule has 2 aromatic carbocycles. The van der Waals surface area contributed by atoms with Crippen molar-refractivity contribution in [1.29, 1.82) is 0 Å². The maximum absolute atomic E-state index is 12.7. The summed E-state index contributed by atoms with van der Waals surface area (Å²) < 4.78 is 5.44. The second-order valence-corrected chi connectivity index (χ2v) is 6.87. The Bertz CT molecular complexity index is 790. The fourth-order valence-corrected chi connectivity index (χ4v) is 3.61. The first-order valence-corrected chi connectivity index (χ1v) is 9.52. The number of ether oxygens (including phenoxy) is 1. The molecule has 1 heterocycles. The van der Waals surface area contributed by atoms with Gasteiger partial charge in [0.2, 0.25) is 0 Å². The van der Waals surface area contributed by atoms with Crippen LogP contribution in [0.15, 0.2) is 53.4 Å². The van der Waals surface area contributed by atoms with Gasteiger partial charge in [0.25, 0.3) is 5.91 Å². The number of hydrogen-bond acceptors (Lipinski definition) is 4. The van der Waals surface area contributed by atoms with Crippen molar-refractivity contribution in [2.75, 3.05) is 12.8 Å². The molecule has 25 heavy (non-hydrogen) atoms. The number of esters is 1. The molecule has 0 spiro atoms. The van der Waals surface area contributed by atoms with E-state index in [2.05, 4.69) is 6.07 Å². The number of thioether (sulfide) groups is 1. The standard InChI is InChI=1S/C20H21NO3S/c1-14(24-20(23)17-9-5-6-10-18(17)25-2)19(22)21-12-11-15-7-3-4-8-16(15)13-21/h3-10,14H,11-13H2,1-2H3/t14-/m1/s1. The first kappa shape index (κ1) is 17.5. The third-order valence-electron chi connectivity index (χ3n) is 4.40. The van der Waals surface area contributed by atoms with Gasteiger partial charge in [-0.05, 0) is 42.9 Å². The largest absolute Gasteiger partial charge is 0.449 e. The van der Waals surface area contributed by atoms with Gasteiger partial charge in [0.15, 0.2) is 6.10 Å². The Morgan fingerprint density at radius 1 is 1.08 bits per heavy atom. The van der Waals surface area contributed by atoms with E-state index >= 15 is 0 Å². The molecule has 0 saturated heterocycles. The molecule has 1 amide bonds. The SMILES string of the molecule is CSc1ccccc1C(=O)O[C@H](C)C(=O)N1CCc2ccccc2C1. The number of carbonyl (C=O) groups is 2. The van der Waals surface area contributed by atoms with E-state index in [9.17, 15) is 9.59 Å². The molecule has 0 bridgehead atoms. The van der Waals surface area contributed by atoms with Crippen LogP contribution in [-0.4, -0.2) is 35.7 Å². The molecule has 0 fully saturated rings. The number of amides is 1.